The summed E-state index contributed by atoms with van der Waals surface area (Å²) in [5, 5.41) is 19.4. The lowest BCUT2D eigenvalue weighted by Crippen LogP contribution is -2.49. The van der Waals surface area contributed by atoms with Gasteiger partial charge in [-0.1, -0.05) is 35.5 Å². The molecular formula is C21H20N8O4S. The van der Waals surface area contributed by atoms with Crippen LogP contribution in [0.5, 0.6) is 0 Å². The summed E-state index contributed by atoms with van der Waals surface area (Å²) in [6.45, 7) is 1.81. The molecule has 0 bridgehead atoms. The minimum Gasteiger partial charge on any atom is -0.352 e. The van der Waals surface area contributed by atoms with E-state index in [0.717, 1.165) is 5.56 Å². The second-order valence-corrected chi connectivity index (χ2v) is 9.68. The summed E-state index contributed by atoms with van der Waals surface area (Å²) < 4.78 is 29.1. The molecule has 1 aliphatic heterocycles. The SMILES string of the molecule is O=[N+]([O-])c1ccc(S(=O)(=O)N2CCN(c3ncnc4c3nnn4Cc3ccccc3)CC2)cc1. The second kappa shape index (κ2) is 8.76. The third kappa shape index (κ3) is 4.06. The molecule has 34 heavy (non-hydrogen) atoms. The zero-order chi connectivity index (χ0) is 23.7. The van der Waals surface area contributed by atoms with E-state index in [1.165, 1.54) is 34.9 Å². The molecule has 0 N–H and O–H groups in total. The van der Waals surface area contributed by atoms with E-state index in [0.29, 0.717) is 36.6 Å². The molecule has 4 aromatic rings. The number of hydrogen-bond acceptors (Lipinski definition) is 9. The van der Waals surface area contributed by atoms with E-state index in [4.69, 9.17) is 0 Å². The van der Waals surface area contributed by atoms with Gasteiger partial charge in [-0.05, 0) is 17.7 Å². The molecule has 3 heterocycles. The molecule has 1 aliphatic rings. The van der Waals surface area contributed by atoms with Crippen molar-refractivity contribution >= 4 is 32.7 Å². The summed E-state index contributed by atoms with van der Waals surface area (Å²) in [6, 6.07) is 14.8. The normalized spacial score (nSPS) is 15.0. The first kappa shape index (κ1) is 21.9. The van der Waals surface area contributed by atoms with Crippen molar-refractivity contribution in [3.05, 3.63) is 76.6 Å². The molecule has 174 valence electrons. The quantitative estimate of drug-likeness (QED) is 0.298. The fourth-order valence-corrected chi connectivity index (χ4v) is 5.33. The molecule has 2 aromatic heterocycles. The van der Waals surface area contributed by atoms with E-state index in [1.807, 2.05) is 35.2 Å². The van der Waals surface area contributed by atoms with Crippen molar-refractivity contribution in [2.75, 3.05) is 31.1 Å². The summed E-state index contributed by atoms with van der Waals surface area (Å²) in [6.07, 6.45) is 1.46. The summed E-state index contributed by atoms with van der Waals surface area (Å²) in [4.78, 5) is 21.0. The standard InChI is InChI=1S/C21H20N8O4S/c30-29(31)17-6-8-18(9-7-17)34(32,33)27-12-10-26(11-13-27)20-19-21(23-15-22-20)28(25-24-19)14-16-4-2-1-3-5-16/h1-9,15H,10-14H2. The predicted molar refractivity (Wildman–Crippen MR) is 123 cm³/mol. The lowest BCUT2D eigenvalue weighted by Gasteiger charge is -2.34. The highest BCUT2D eigenvalue weighted by molar-refractivity contribution is 7.89. The molecule has 5 rings (SSSR count). The molecule has 0 amide bonds. The predicted octanol–water partition coefficient (Wildman–Crippen LogP) is 1.69. The van der Waals surface area contributed by atoms with Crippen LogP contribution < -0.4 is 4.90 Å². The Labute approximate surface area is 194 Å². The van der Waals surface area contributed by atoms with Gasteiger partial charge in [-0.2, -0.15) is 4.31 Å². The number of sulfonamides is 1. The summed E-state index contributed by atoms with van der Waals surface area (Å²) in [5.41, 5.74) is 2.08. The number of hydrogen-bond donors (Lipinski definition) is 0. The smallest absolute Gasteiger partial charge is 0.269 e. The molecule has 0 atom stereocenters. The number of anilines is 1. The van der Waals surface area contributed by atoms with Crippen LogP contribution in [0.25, 0.3) is 11.2 Å². The van der Waals surface area contributed by atoms with Crippen LogP contribution in [0.1, 0.15) is 5.56 Å². The number of rotatable bonds is 6. The number of non-ortho nitro benzene ring substituents is 1. The van der Waals surface area contributed by atoms with Crippen LogP contribution in [-0.2, 0) is 16.6 Å². The number of nitrogens with zero attached hydrogens (tertiary/aromatic N) is 8. The number of nitro benzene ring substituents is 1. The van der Waals surface area contributed by atoms with Gasteiger partial charge in [0.05, 0.1) is 16.4 Å². The summed E-state index contributed by atoms with van der Waals surface area (Å²) in [5.74, 6) is 0.608. The lowest BCUT2D eigenvalue weighted by molar-refractivity contribution is -0.384. The topological polar surface area (TPSA) is 140 Å². The molecule has 2 aromatic carbocycles. The Bertz CT molecular complexity index is 1430. The first-order valence-corrected chi connectivity index (χ1v) is 12.0. The van der Waals surface area contributed by atoms with Gasteiger partial charge in [-0.15, -0.1) is 5.10 Å². The van der Waals surface area contributed by atoms with Crippen molar-refractivity contribution < 1.29 is 13.3 Å². The maximum absolute atomic E-state index is 13.0. The van der Waals surface area contributed by atoms with Crippen LogP contribution in [0.3, 0.4) is 0 Å². The van der Waals surface area contributed by atoms with Gasteiger partial charge in [0.1, 0.15) is 6.33 Å². The van der Waals surface area contributed by atoms with Gasteiger partial charge in [0.2, 0.25) is 10.0 Å². The average molecular weight is 481 g/mol. The van der Waals surface area contributed by atoms with Crippen molar-refractivity contribution in [3.8, 4) is 0 Å². The maximum atomic E-state index is 13.0. The third-order valence-corrected chi connectivity index (χ3v) is 7.59. The van der Waals surface area contributed by atoms with Crippen LogP contribution in [0, 0.1) is 10.1 Å². The number of nitro groups is 1. The highest BCUT2D eigenvalue weighted by Gasteiger charge is 2.30. The van der Waals surface area contributed by atoms with Crippen molar-refractivity contribution in [1.29, 1.82) is 0 Å². The number of fused-ring (bicyclic) bond motifs is 1. The molecule has 0 radical (unpaired) electrons. The van der Waals surface area contributed by atoms with Gasteiger partial charge in [0.15, 0.2) is 17.0 Å². The maximum Gasteiger partial charge on any atom is 0.269 e. The largest absolute Gasteiger partial charge is 0.352 e. The Hall–Kier alpha value is -3.97. The Morgan fingerprint density at radius 3 is 2.32 bits per heavy atom. The highest BCUT2D eigenvalue weighted by atomic mass is 32.2. The molecular weight excluding hydrogens is 460 g/mol. The van der Waals surface area contributed by atoms with Crippen molar-refractivity contribution in [3.63, 3.8) is 0 Å². The molecule has 13 heteroatoms. The molecule has 0 unspecified atom stereocenters. The van der Waals surface area contributed by atoms with Gasteiger partial charge in [0.25, 0.3) is 5.69 Å². The minimum atomic E-state index is -3.76. The molecule has 0 aliphatic carbocycles. The zero-order valence-corrected chi connectivity index (χ0v) is 18.7. The number of aromatic nitrogens is 5. The van der Waals surface area contributed by atoms with E-state index in [1.54, 1.807) is 4.68 Å². The fraction of sp³-hybridized carbons (Fsp3) is 0.238. The van der Waals surface area contributed by atoms with Crippen LogP contribution in [0.15, 0.2) is 65.8 Å². The monoisotopic (exact) mass is 480 g/mol. The fourth-order valence-electron chi connectivity index (χ4n) is 3.90. The molecule has 0 spiro atoms. The number of piperazine rings is 1. The molecule has 1 fully saturated rings. The van der Waals surface area contributed by atoms with Gasteiger partial charge in [-0.3, -0.25) is 10.1 Å². The number of benzene rings is 2. The molecule has 12 nitrogen and oxygen atoms in total. The van der Waals surface area contributed by atoms with Crippen molar-refractivity contribution in [1.82, 2.24) is 29.3 Å². The van der Waals surface area contributed by atoms with Crippen molar-refractivity contribution in [2.45, 2.75) is 11.4 Å². The van der Waals surface area contributed by atoms with Crippen LogP contribution >= 0.6 is 0 Å². The third-order valence-electron chi connectivity index (χ3n) is 5.68. The van der Waals surface area contributed by atoms with E-state index in [9.17, 15) is 18.5 Å². The molecule has 1 saturated heterocycles. The second-order valence-electron chi connectivity index (χ2n) is 7.74. The summed E-state index contributed by atoms with van der Waals surface area (Å²) >= 11 is 0. The van der Waals surface area contributed by atoms with Crippen LogP contribution in [0.4, 0.5) is 11.5 Å². The Balaban J connectivity index is 1.32. The van der Waals surface area contributed by atoms with Gasteiger partial charge >= 0.3 is 0 Å². The first-order chi connectivity index (χ1) is 16.4. The minimum absolute atomic E-state index is 0.0276. The summed E-state index contributed by atoms with van der Waals surface area (Å²) in [7, 11) is -3.76. The van der Waals surface area contributed by atoms with Gasteiger partial charge in [-0.25, -0.2) is 23.1 Å². The van der Waals surface area contributed by atoms with E-state index < -0.39 is 14.9 Å². The highest BCUT2D eigenvalue weighted by Crippen LogP contribution is 2.25. The van der Waals surface area contributed by atoms with Crippen LogP contribution in [0.2, 0.25) is 0 Å². The lowest BCUT2D eigenvalue weighted by atomic mass is 10.2. The van der Waals surface area contributed by atoms with Crippen molar-refractivity contribution in [2.24, 2.45) is 0 Å². The first-order valence-electron chi connectivity index (χ1n) is 10.5. The van der Waals surface area contributed by atoms with Crippen LogP contribution in [-0.4, -0.2) is 68.8 Å². The Morgan fingerprint density at radius 2 is 1.65 bits per heavy atom. The van der Waals surface area contributed by atoms with E-state index >= 15 is 0 Å². The van der Waals surface area contributed by atoms with Gasteiger partial charge < -0.3 is 4.90 Å². The van der Waals surface area contributed by atoms with E-state index in [-0.39, 0.29) is 23.7 Å². The van der Waals surface area contributed by atoms with E-state index in [2.05, 4.69) is 20.3 Å². The van der Waals surface area contributed by atoms with Gasteiger partial charge in [0, 0.05) is 38.3 Å². The Morgan fingerprint density at radius 1 is 0.941 bits per heavy atom. The molecule has 0 saturated carbocycles. The Kier molecular flexibility index (Phi) is 5.63. The average Bonchev–Trinajstić information content (AvgIpc) is 3.27. The zero-order valence-electron chi connectivity index (χ0n) is 17.9.